The van der Waals surface area contributed by atoms with Crippen molar-refractivity contribution in [1.82, 2.24) is 5.32 Å². The van der Waals surface area contributed by atoms with Gasteiger partial charge in [0.25, 0.3) is 0 Å². The van der Waals surface area contributed by atoms with Gasteiger partial charge in [-0.2, -0.15) is 0 Å². The van der Waals surface area contributed by atoms with Gasteiger partial charge in [0.15, 0.2) is 0 Å². The molecular formula is C14H27N. The zero-order chi connectivity index (χ0) is 10.7. The fraction of sp³-hybridized carbons (Fsp3) is 1.00. The summed E-state index contributed by atoms with van der Waals surface area (Å²) in [6, 6.07) is 0.812. The fourth-order valence-corrected chi connectivity index (χ4v) is 3.99. The molecule has 0 radical (unpaired) electrons. The number of hydrogen-bond donors (Lipinski definition) is 1. The highest BCUT2D eigenvalue weighted by molar-refractivity contribution is 4.96. The van der Waals surface area contributed by atoms with Crippen LogP contribution in [0.1, 0.15) is 65.2 Å². The van der Waals surface area contributed by atoms with E-state index in [0.29, 0.717) is 5.41 Å². The van der Waals surface area contributed by atoms with E-state index in [2.05, 4.69) is 19.2 Å². The Morgan fingerprint density at radius 1 is 1.13 bits per heavy atom. The van der Waals surface area contributed by atoms with Crippen molar-refractivity contribution >= 4 is 0 Å². The Balaban J connectivity index is 2.03. The van der Waals surface area contributed by atoms with Crippen molar-refractivity contribution in [3.63, 3.8) is 0 Å². The molecule has 0 aromatic heterocycles. The van der Waals surface area contributed by atoms with Crippen molar-refractivity contribution in [2.75, 3.05) is 6.54 Å². The fourth-order valence-electron chi connectivity index (χ4n) is 3.99. The minimum absolute atomic E-state index is 0.616. The monoisotopic (exact) mass is 209 g/mol. The second kappa shape index (κ2) is 4.86. The molecule has 88 valence electrons. The van der Waals surface area contributed by atoms with E-state index >= 15 is 0 Å². The minimum Gasteiger partial charge on any atom is -0.313 e. The summed E-state index contributed by atoms with van der Waals surface area (Å²) in [4.78, 5) is 0. The van der Waals surface area contributed by atoms with Crippen LogP contribution in [-0.2, 0) is 0 Å². The zero-order valence-electron chi connectivity index (χ0n) is 10.5. The van der Waals surface area contributed by atoms with Crippen molar-refractivity contribution in [3.05, 3.63) is 0 Å². The van der Waals surface area contributed by atoms with Gasteiger partial charge in [0.1, 0.15) is 0 Å². The molecule has 0 amide bonds. The first-order valence-corrected chi connectivity index (χ1v) is 6.99. The minimum atomic E-state index is 0.616. The van der Waals surface area contributed by atoms with Crippen LogP contribution >= 0.6 is 0 Å². The molecule has 0 aliphatic heterocycles. The molecule has 2 saturated carbocycles. The molecule has 0 spiro atoms. The highest BCUT2D eigenvalue weighted by Gasteiger charge is 2.41. The van der Waals surface area contributed by atoms with E-state index in [0.717, 1.165) is 18.5 Å². The molecule has 0 heterocycles. The molecule has 15 heavy (non-hydrogen) atoms. The predicted molar refractivity (Wildman–Crippen MR) is 66.0 cm³/mol. The SMILES string of the molecule is CCNC(C1CCCC1)C1(C)CCCC1. The van der Waals surface area contributed by atoms with Gasteiger partial charge in [0.05, 0.1) is 0 Å². The summed E-state index contributed by atoms with van der Waals surface area (Å²) in [6.07, 6.45) is 11.8. The third-order valence-corrected chi connectivity index (χ3v) is 4.79. The summed E-state index contributed by atoms with van der Waals surface area (Å²) in [6.45, 7) is 5.95. The molecule has 0 bridgehead atoms. The van der Waals surface area contributed by atoms with Gasteiger partial charge in [-0.1, -0.05) is 39.5 Å². The van der Waals surface area contributed by atoms with Gasteiger partial charge >= 0.3 is 0 Å². The van der Waals surface area contributed by atoms with Crippen molar-refractivity contribution in [2.45, 2.75) is 71.3 Å². The first kappa shape index (κ1) is 11.4. The average Bonchev–Trinajstić information content (AvgIpc) is 2.85. The predicted octanol–water partition coefficient (Wildman–Crippen LogP) is 3.74. The lowest BCUT2D eigenvalue weighted by Crippen LogP contribution is -2.46. The van der Waals surface area contributed by atoms with Gasteiger partial charge in [0, 0.05) is 6.04 Å². The summed E-state index contributed by atoms with van der Waals surface area (Å²) in [7, 11) is 0. The van der Waals surface area contributed by atoms with Gasteiger partial charge < -0.3 is 5.32 Å². The van der Waals surface area contributed by atoms with Gasteiger partial charge in [-0.15, -0.1) is 0 Å². The van der Waals surface area contributed by atoms with Crippen LogP contribution in [-0.4, -0.2) is 12.6 Å². The van der Waals surface area contributed by atoms with Crippen LogP contribution in [0.25, 0.3) is 0 Å². The van der Waals surface area contributed by atoms with E-state index in [1.54, 1.807) is 0 Å². The maximum Gasteiger partial charge on any atom is 0.0149 e. The number of rotatable bonds is 4. The zero-order valence-corrected chi connectivity index (χ0v) is 10.5. The summed E-state index contributed by atoms with van der Waals surface area (Å²) >= 11 is 0. The Hall–Kier alpha value is -0.0400. The molecule has 0 aromatic rings. The summed E-state index contributed by atoms with van der Waals surface area (Å²) < 4.78 is 0. The van der Waals surface area contributed by atoms with E-state index < -0.39 is 0 Å². The van der Waals surface area contributed by atoms with E-state index in [-0.39, 0.29) is 0 Å². The van der Waals surface area contributed by atoms with E-state index in [9.17, 15) is 0 Å². The molecule has 1 heteroatoms. The van der Waals surface area contributed by atoms with Crippen molar-refractivity contribution in [3.8, 4) is 0 Å². The van der Waals surface area contributed by atoms with Gasteiger partial charge in [-0.25, -0.2) is 0 Å². The van der Waals surface area contributed by atoms with Crippen molar-refractivity contribution in [2.24, 2.45) is 11.3 Å². The third-order valence-electron chi connectivity index (χ3n) is 4.79. The van der Waals surface area contributed by atoms with E-state index in [4.69, 9.17) is 0 Å². The molecule has 1 unspecified atom stereocenters. The molecule has 0 saturated heterocycles. The molecule has 2 fully saturated rings. The van der Waals surface area contributed by atoms with Gasteiger partial charge in [-0.3, -0.25) is 0 Å². The molecule has 2 aliphatic rings. The van der Waals surface area contributed by atoms with Crippen LogP contribution in [0.5, 0.6) is 0 Å². The summed E-state index contributed by atoms with van der Waals surface area (Å²) in [5, 5.41) is 3.81. The number of hydrogen-bond acceptors (Lipinski definition) is 1. The van der Waals surface area contributed by atoms with Gasteiger partial charge in [-0.05, 0) is 43.6 Å². The van der Waals surface area contributed by atoms with E-state index in [1.165, 1.54) is 51.4 Å². The third kappa shape index (κ3) is 2.38. The Bertz CT molecular complexity index is 188. The standard InChI is InChI=1S/C14H27N/c1-3-15-13(12-8-4-5-9-12)14(2)10-6-7-11-14/h12-13,15H,3-11H2,1-2H3. The molecule has 1 N–H and O–H groups in total. The number of nitrogens with one attached hydrogen (secondary N) is 1. The molecule has 1 atom stereocenters. The van der Waals surface area contributed by atoms with Crippen LogP contribution in [0.2, 0.25) is 0 Å². The average molecular weight is 209 g/mol. The maximum atomic E-state index is 3.81. The lowest BCUT2D eigenvalue weighted by atomic mass is 9.74. The quantitative estimate of drug-likeness (QED) is 0.744. The summed E-state index contributed by atoms with van der Waals surface area (Å²) in [5.41, 5.74) is 0.616. The first-order chi connectivity index (χ1) is 7.26. The van der Waals surface area contributed by atoms with E-state index in [1.807, 2.05) is 0 Å². The topological polar surface area (TPSA) is 12.0 Å². The van der Waals surface area contributed by atoms with Crippen molar-refractivity contribution in [1.29, 1.82) is 0 Å². The first-order valence-electron chi connectivity index (χ1n) is 6.99. The van der Waals surface area contributed by atoms with Crippen LogP contribution in [0.15, 0.2) is 0 Å². The Kier molecular flexibility index (Phi) is 3.71. The molecule has 0 aromatic carbocycles. The smallest absolute Gasteiger partial charge is 0.0149 e. The Morgan fingerprint density at radius 3 is 2.27 bits per heavy atom. The molecule has 2 aliphatic carbocycles. The Morgan fingerprint density at radius 2 is 1.73 bits per heavy atom. The molecular weight excluding hydrogens is 182 g/mol. The van der Waals surface area contributed by atoms with Crippen molar-refractivity contribution < 1.29 is 0 Å². The molecule has 1 nitrogen and oxygen atoms in total. The van der Waals surface area contributed by atoms with Gasteiger partial charge in [0.2, 0.25) is 0 Å². The lowest BCUT2D eigenvalue weighted by molar-refractivity contribution is 0.162. The normalized spacial score (nSPS) is 28.4. The largest absolute Gasteiger partial charge is 0.313 e. The highest BCUT2D eigenvalue weighted by atomic mass is 14.9. The Labute approximate surface area is 95.0 Å². The molecule has 2 rings (SSSR count). The second-order valence-corrected chi connectivity index (χ2v) is 5.94. The summed E-state index contributed by atoms with van der Waals surface area (Å²) in [5.74, 6) is 0.980. The second-order valence-electron chi connectivity index (χ2n) is 5.94. The highest BCUT2D eigenvalue weighted by Crippen LogP contribution is 2.46. The van der Waals surface area contributed by atoms with Crippen LogP contribution in [0.3, 0.4) is 0 Å². The maximum absolute atomic E-state index is 3.81. The van der Waals surface area contributed by atoms with Crippen LogP contribution in [0, 0.1) is 11.3 Å². The van der Waals surface area contributed by atoms with Crippen LogP contribution in [0.4, 0.5) is 0 Å². The van der Waals surface area contributed by atoms with Crippen LogP contribution < -0.4 is 5.32 Å². The lowest BCUT2D eigenvalue weighted by Gasteiger charge is -2.39.